The number of ether oxygens (including phenoxy) is 2. The van der Waals surface area contributed by atoms with E-state index in [0.717, 1.165) is 5.75 Å². The zero-order valence-electron chi connectivity index (χ0n) is 14.3. The number of rotatable bonds is 9. The fraction of sp³-hybridized carbons (Fsp3) is 0.529. The van der Waals surface area contributed by atoms with Crippen LogP contribution in [0.15, 0.2) is 24.3 Å². The monoisotopic (exact) mass is 322 g/mol. The van der Waals surface area contributed by atoms with Crippen LogP contribution in [-0.4, -0.2) is 38.7 Å². The molecule has 1 aromatic carbocycles. The number of hydrogen-bond acceptors (Lipinski definition) is 4. The average molecular weight is 322 g/mol. The average Bonchev–Trinajstić information content (AvgIpc) is 2.53. The number of benzene rings is 1. The molecule has 6 nitrogen and oxygen atoms in total. The highest BCUT2D eigenvalue weighted by Gasteiger charge is 2.35. The Morgan fingerprint density at radius 3 is 2.35 bits per heavy atom. The molecule has 0 aliphatic rings. The van der Waals surface area contributed by atoms with Crippen molar-refractivity contribution in [2.75, 3.05) is 32.2 Å². The molecular weight excluding hydrogens is 296 g/mol. The predicted molar refractivity (Wildman–Crippen MR) is 89.5 cm³/mol. The van der Waals surface area contributed by atoms with Crippen LogP contribution >= 0.6 is 0 Å². The van der Waals surface area contributed by atoms with Gasteiger partial charge in [0.1, 0.15) is 11.2 Å². The lowest BCUT2D eigenvalue weighted by Gasteiger charge is -2.22. The molecule has 0 bridgehead atoms. The minimum atomic E-state index is -1.16. The second-order valence-corrected chi connectivity index (χ2v) is 5.64. The fourth-order valence-corrected chi connectivity index (χ4v) is 1.83. The Bertz CT molecular complexity index is 512. The molecule has 0 fully saturated rings. The maximum atomic E-state index is 12.3. The lowest BCUT2D eigenvalue weighted by molar-refractivity contribution is -0.138. The number of amides is 2. The topological polar surface area (TPSA) is 76.7 Å². The Hall–Kier alpha value is -2.08. The van der Waals surface area contributed by atoms with Gasteiger partial charge in [0.25, 0.3) is 0 Å². The first-order valence-corrected chi connectivity index (χ1v) is 7.73. The minimum absolute atomic E-state index is 0.308. The van der Waals surface area contributed by atoms with Crippen molar-refractivity contribution in [3.05, 3.63) is 24.3 Å². The molecule has 1 rings (SSSR count). The summed E-state index contributed by atoms with van der Waals surface area (Å²) in [6, 6.07) is 7.04. The quantitative estimate of drug-likeness (QED) is 0.540. The third-order valence-electron chi connectivity index (χ3n) is 3.37. The van der Waals surface area contributed by atoms with Crippen LogP contribution in [0.4, 0.5) is 5.69 Å². The van der Waals surface area contributed by atoms with E-state index in [4.69, 9.17) is 9.47 Å². The summed E-state index contributed by atoms with van der Waals surface area (Å²) in [6.45, 7) is 6.74. The van der Waals surface area contributed by atoms with Crippen molar-refractivity contribution in [2.45, 2.75) is 27.2 Å². The summed E-state index contributed by atoms with van der Waals surface area (Å²) in [6.07, 6.45) is 0.707. The highest BCUT2D eigenvalue weighted by Crippen LogP contribution is 2.21. The van der Waals surface area contributed by atoms with Crippen molar-refractivity contribution < 1.29 is 19.1 Å². The van der Waals surface area contributed by atoms with Gasteiger partial charge in [-0.3, -0.25) is 9.59 Å². The van der Waals surface area contributed by atoms with Gasteiger partial charge in [0.2, 0.25) is 11.8 Å². The van der Waals surface area contributed by atoms with Gasteiger partial charge in [0, 0.05) is 25.9 Å². The molecule has 0 saturated heterocycles. The Kier molecular flexibility index (Phi) is 7.54. The van der Waals surface area contributed by atoms with Crippen LogP contribution in [0.1, 0.15) is 27.2 Å². The first-order valence-electron chi connectivity index (χ1n) is 7.73. The summed E-state index contributed by atoms with van der Waals surface area (Å²) in [5.74, 6) is 0.0728. The van der Waals surface area contributed by atoms with Gasteiger partial charge < -0.3 is 20.1 Å². The van der Waals surface area contributed by atoms with Gasteiger partial charge in [-0.2, -0.15) is 0 Å². The minimum Gasteiger partial charge on any atom is -0.494 e. The van der Waals surface area contributed by atoms with E-state index in [1.54, 1.807) is 45.2 Å². The van der Waals surface area contributed by atoms with Crippen LogP contribution in [0.5, 0.6) is 5.75 Å². The van der Waals surface area contributed by atoms with E-state index in [1.807, 2.05) is 6.92 Å². The number of carbonyl (C=O) groups excluding carboxylic acids is 2. The largest absolute Gasteiger partial charge is 0.494 e. The van der Waals surface area contributed by atoms with E-state index in [9.17, 15) is 9.59 Å². The summed E-state index contributed by atoms with van der Waals surface area (Å²) in [5, 5.41) is 5.50. The second kappa shape index (κ2) is 9.15. The lowest BCUT2D eigenvalue weighted by Crippen LogP contribution is -2.45. The van der Waals surface area contributed by atoms with Gasteiger partial charge in [-0.05, 0) is 51.5 Å². The van der Waals surface area contributed by atoms with Crippen molar-refractivity contribution >= 4 is 17.5 Å². The molecule has 0 aliphatic carbocycles. The van der Waals surface area contributed by atoms with Crippen molar-refractivity contribution in [1.29, 1.82) is 0 Å². The van der Waals surface area contributed by atoms with E-state index >= 15 is 0 Å². The Morgan fingerprint density at radius 1 is 1.13 bits per heavy atom. The number of nitrogens with one attached hydrogen (secondary N) is 2. The molecule has 0 unspecified atom stereocenters. The molecule has 0 heterocycles. The molecule has 0 saturated carbocycles. The third-order valence-corrected chi connectivity index (χ3v) is 3.37. The Morgan fingerprint density at radius 2 is 1.78 bits per heavy atom. The van der Waals surface area contributed by atoms with Crippen LogP contribution in [0.25, 0.3) is 0 Å². The second-order valence-electron chi connectivity index (χ2n) is 5.64. The maximum absolute atomic E-state index is 12.3. The van der Waals surface area contributed by atoms with E-state index in [2.05, 4.69) is 10.6 Å². The van der Waals surface area contributed by atoms with Gasteiger partial charge in [-0.25, -0.2) is 0 Å². The number of methoxy groups -OCH3 is 1. The molecule has 1 aromatic rings. The zero-order valence-corrected chi connectivity index (χ0v) is 14.3. The number of anilines is 1. The van der Waals surface area contributed by atoms with E-state index in [0.29, 0.717) is 31.9 Å². The van der Waals surface area contributed by atoms with Crippen LogP contribution in [0.2, 0.25) is 0 Å². The summed E-state index contributed by atoms with van der Waals surface area (Å²) >= 11 is 0. The fourth-order valence-electron chi connectivity index (χ4n) is 1.83. The normalized spacial score (nSPS) is 11.0. The smallest absolute Gasteiger partial charge is 0.239 e. The van der Waals surface area contributed by atoms with Crippen LogP contribution in [0, 0.1) is 5.41 Å². The predicted octanol–water partition coefficient (Wildman–Crippen LogP) is 2.20. The summed E-state index contributed by atoms with van der Waals surface area (Å²) in [7, 11) is 1.61. The van der Waals surface area contributed by atoms with Crippen molar-refractivity contribution in [3.63, 3.8) is 0 Å². The number of carbonyl (C=O) groups is 2. The molecule has 0 aromatic heterocycles. The van der Waals surface area contributed by atoms with Crippen LogP contribution in [0.3, 0.4) is 0 Å². The van der Waals surface area contributed by atoms with Gasteiger partial charge in [0.15, 0.2) is 0 Å². The maximum Gasteiger partial charge on any atom is 0.239 e. The first-order chi connectivity index (χ1) is 10.9. The molecule has 2 amide bonds. The first kappa shape index (κ1) is 19.0. The molecule has 23 heavy (non-hydrogen) atoms. The Labute approximate surface area is 137 Å². The summed E-state index contributed by atoms with van der Waals surface area (Å²) in [5.41, 5.74) is -0.537. The van der Waals surface area contributed by atoms with E-state index in [1.165, 1.54) is 0 Å². The third kappa shape index (κ3) is 5.90. The lowest BCUT2D eigenvalue weighted by atomic mass is 9.91. The standard InChI is InChI=1S/C17H26N2O4/c1-5-23-14-9-7-13(8-10-14)19-16(21)17(2,3)15(20)18-11-6-12-22-4/h7-10H,5-6,11-12H2,1-4H3,(H,18,20)(H,19,21). The highest BCUT2D eigenvalue weighted by atomic mass is 16.5. The summed E-state index contributed by atoms with van der Waals surface area (Å²) < 4.78 is 10.3. The zero-order chi connectivity index (χ0) is 17.3. The molecule has 0 spiro atoms. The molecule has 0 atom stereocenters. The highest BCUT2D eigenvalue weighted by molar-refractivity contribution is 6.09. The van der Waals surface area contributed by atoms with Gasteiger partial charge in [-0.15, -0.1) is 0 Å². The van der Waals surface area contributed by atoms with E-state index in [-0.39, 0.29) is 11.8 Å². The molecule has 0 aliphatic heterocycles. The molecule has 128 valence electrons. The van der Waals surface area contributed by atoms with Gasteiger partial charge in [-0.1, -0.05) is 0 Å². The van der Waals surface area contributed by atoms with Crippen LogP contribution in [-0.2, 0) is 14.3 Å². The van der Waals surface area contributed by atoms with Gasteiger partial charge >= 0.3 is 0 Å². The van der Waals surface area contributed by atoms with Crippen LogP contribution < -0.4 is 15.4 Å². The van der Waals surface area contributed by atoms with Gasteiger partial charge in [0.05, 0.1) is 6.61 Å². The van der Waals surface area contributed by atoms with Crippen molar-refractivity contribution in [2.24, 2.45) is 5.41 Å². The number of hydrogen-bond donors (Lipinski definition) is 2. The SMILES string of the molecule is CCOc1ccc(NC(=O)C(C)(C)C(=O)NCCCOC)cc1. The molecular formula is C17H26N2O4. The van der Waals surface area contributed by atoms with E-state index < -0.39 is 5.41 Å². The Balaban J connectivity index is 2.58. The molecule has 0 radical (unpaired) electrons. The molecule has 6 heteroatoms. The van der Waals surface area contributed by atoms with Crippen molar-refractivity contribution in [3.8, 4) is 5.75 Å². The molecule has 2 N–H and O–H groups in total. The van der Waals surface area contributed by atoms with Crippen molar-refractivity contribution in [1.82, 2.24) is 5.32 Å². The summed E-state index contributed by atoms with van der Waals surface area (Å²) in [4.78, 5) is 24.5.